The minimum atomic E-state index is -0.287. The van der Waals surface area contributed by atoms with Crippen molar-refractivity contribution in [3.05, 3.63) is 84.2 Å². The molecule has 0 aliphatic carbocycles. The first-order valence-electron chi connectivity index (χ1n) is 11.0. The third-order valence-electron chi connectivity index (χ3n) is 5.33. The molecule has 0 saturated carbocycles. The second-order valence-electron chi connectivity index (χ2n) is 7.68. The maximum Gasteiger partial charge on any atom is 0.287 e. The normalized spacial score (nSPS) is 13.7. The molecule has 8 nitrogen and oxygen atoms in total. The number of furan rings is 2. The van der Waals surface area contributed by atoms with Crippen molar-refractivity contribution < 1.29 is 18.4 Å². The molecule has 4 heterocycles. The number of ether oxygens (including phenoxy) is 1. The van der Waals surface area contributed by atoms with Gasteiger partial charge in [-0.1, -0.05) is 42.1 Å². The van der Waals surface area contributed by atoms with Crippen LogP contribution in [0.4, 0.5) is 5.82 Å². The van der Waals surface area contributed by atoms with Crippen molar-refractivity contribution >= 4 is 23.5 Å². The largest absolute Gasteiger partial charge is 0.467 e. The van der Waals surface area contributed by atoms with E-state index in [4.69, 9.17) is 23.5 Å². The molecular weight excluding hydrogens is 452 g/mol. The van der Waals surface area contributed by atoms with Gasteiger partial charge in [0.25, 0.3) is 5.91 Å². The lowest BCUT2D eigenvalue weighted by Gasteiger charge is -2.28. The molecule has 1 amide bonds. The lowest BCUT2D eigenvalue weighted by Crippen LogP contribution is -2.36. The van der Waals surface area contributed by atoms with E-state index in [0.717, 1.165) is 30.2 Å². The average Bonchev–Trinajstić information content (AvgIpc) is 3.59. The fourth-order valence-corrected chi connectivity index (χ4v) is 4.32. The highest BCUT2D eigenvalue weighted by Crippen LogP contribution is 2.28. The van der Waals surface area contributed by atoms with E-state index in [2.05, 4.69) is 10.2 Å². The van der Waals surface area contributed by atoms with E-state index in [1.165, 1.54) is 11.8 Å². The number of amides is 1. The molecule has 0 radical (unpaired) electrons. The number of benzene rings is 1. The van der Waals surface area contributed by atoms with Crippen LogP contribution in [0.15, 0.2) is 80.9 Å². The smallest absolute Gasteiger partial charge is 0.287 e. The molecule has 1 aliphatic heterocycles. The van der Waals surface area contributed by atoms with Crippen LogP contribution in [0, 0.1) is 0 Å². The summed E-state index contributed by atoms with van der Waals surface area (Å²) in [6.45, 7) is 3.27. The number of rotatable bonds is 8. The van der Waals surface area contributed by atoms with Crippen molar-refractivity contribution in [3.8, 4) is 11.3 Å². The SMILES string of the molecule is O=C(NCc1ccco1)c1ccc(CSc2nc(-c3ccccc3)cc(N3CCOCC3)n2)o1. The number of hydrogen-bond donors (Lipinski definition) is 1. The third kappa shape index (κ3) is 5.49. The number of thioether (sulfide) groups is 1. The summed E-state index contributed by atoms with van der Waals surface area (Å²) >= 11 is 1.48. The molecule has 5 rings (SSSR count). The van der Waals surface area contributed by atoms with E-state index in [9.17, 15) is 4.79 Å². The summed E-state index contributed by atoms with van der Waals surface area (Å²) in [5.41, 5.74) is 1.91. The van der Waals surface area contributed by atoms with Crippen LogP contribution < -0.4 is 10.2 Å². The average molecular weight is 477 g/mol. The van der Waals surface area contributed by atoms with Crippen molar-refractivity contribution in [2.45, 2.75) is 17.5 Å². The van der Waals surface area contributed by atoms with Gasteiger partial charge < -0.3 is 23.8 Å². The predicted molar refractivity (Wildman–Crippen MR) is 129 cm³/mol. The first kappa shape index (κ1) is 22.2. The first-order valence-corrected chi connectivity index (χ1v) is 12.0. The summed E-state index contributed by atoms with van der Waals surface area (Å²) in [7, 11) is 0. The zero-order valence-corrected chi connectivity index (χ0v) is 19.3. The van der Waals surface area contributed by atoms with Gasteiger partial charge in [-0.3, -0.25) is 4.79 Å². The highest BCUT2D eigenvalue weighted by Gasteiger charge is 2.17. The summed E-state index contributed by atoms with van der Waals surface area (Å²) in [6.07, 6.45) is 1.57. The van der Waals surface area contributed by atoms with Gasteiger partial charge in [0.15, 0.2) is 10.9 Å². The van der Waals surface area contributed by atoms with Gasteiger partial charge in [0.05, 0.1) is 37.5 Å². The first-order chi connectivity index (χ1) is 16.7. The summed E-state index contributed by atoms with van der Waals surface area (Å²) in [4.78, 5) is 24.1. The summed E-state index contributed by atoms with van der Waals surface area (Å²) in [6, 6.07) is 19.2. The Morgan fingerprint density at radius 1 is 1.00 bits per heavy atom. The molecule has 0 bridgehead atoms. The van der Waals surface area contributed by atoms with Gasteiger partial charge in [-0.2, -0.15) is 0 Å². The fourth-order valence-electron chi connectivity index (χ4n) is 3.57. The van der Waals surface area contributed by atoms with Crippen LogP contribution in [0.1, 0.15) is 22.1 Å². The Kier molecular flexibility index (Phi) is 6.92. The molecule has 34 heavy (non-hydrogen) atoms. The number of carbonyl (C=O) groups is 1. The van der Waals surface area contributed by atoms with Crippen molar-refractivity contribution in [1.29, 1.82) is 0 Å². The lowest BCUT2D eigenvalue weighted by atomic mass is 10.1. The van der Waals surface area contributed by atoms with Gasteiger partial charge in [0.2, 0.25) is 0 Å². The number of nitrogens with one attached hydrogen (secondary N) is 1. The number of aromatic nitrogens is 2. The second-order valence-corrected chi connectivity index (χ2v) is 8.62. The van der Waals surface area contributed by atoms with E-state index in [0.29, 0.717) is 42.2 Å². The van der Waals surface area contributed by atoms with E-state index >= 15 is 0 Å². The Balaban J connectivity index is 1.28. The predicted octanol–water partition coefficient (Wildman–Crippen LogP) is 4.39. The molecular formula is C25H24N4O4S. The molecule has 0 atom stereocenters. The van der Waals surface area contributed by atoms with Crippen molar-refractivity contribution in [3.63, 3.8) is 0 Å². The van der Waals surface area contributed by atoms with E-state index in [1.54, 1.807) is 30.5 Å². The highest BCUT2D eigenvalue weighted by molar-refractivity contribution is 7.98. The Hall–Kier alpha value is -3.56. The standard InChI is InChI=1S/C25H24N4O4S/c30-24(26-16-19-7-4-12-32-19)22-9-8-20(33-22)17-34-25-27-21(18-5-2-1-3-6-18)15-23(28-25)29-10-13-31-14-11-29/h1-9,12,15H,10-11,13-14,16-17H2,(H,26,30). The number of anilines is 1. The van der Waals surface area contributed by atoms with E-state index < -0.39 is 0 Å². The highest BCUT2D eigenvalue weighted by atomic mass is 32.2. The Bertz CT molecular complexity index is 1220. The maximum atomic E-state index is 12.4. The van der Waals surface area contributed by atoms with Gasteiger partial charge in [0, 0.05) is 24.7 Å². The lowest BCUT2D eigenvalue weighted by molar-refractivity contribution is 0.0919. The van der Waals surface area contributed by atoms with Crippen LogP contribution in [0.2, 0.25) is 0 Å². The Morgan fingerprint density at radius 2 is 1.85 bits per heavy atom. The minimum absolute atomic E-state index is 0.259. The van der Waals surface area contributed by atoms with E-state index in [-0.39, 0.29) is 11.7 Å². The number of hydrogen-bond acceptors (Lipinski definition) is 8. The topological polar surface area (TPSA) is 93.6 Å². The number of nitrogens with zero attached hydrogens (tertiary/aromatic N) is 3. The molecule has 1 fully saturated rings. The number of carbonyl (C=O) groups excluding carboxylic acids is 1. The van der Waals surface area contributed by atoms with Crippen LogP contribution in [0.5, 0.6) is 0 Å². The molecule has 0 spiro atoms. The van der Waals surface area contributed by atoms with Gasteiger partial charge in [0.1, 0.15) is 17.3 Å². The molecule has 9 heteroatoms. The van der Waals surface area contributed by atoms with Gasteiger partial charge in [-0.25, -0.2) is 9.97 Å². The van der Waals surface area contributed by atoms with Crippen molar-refractivity contribution in [1.82, 2.24) is 15.3 Å². The Labute approximate surface area is 201 Å². The van der Waals surface area contributed by atoms with Crippen LogP contribution >= 0.6 is 11.8 Å². The summed E-state index contributed by atoms with van der Waals surface area (Å²) in [5, 5.41) is 3.44. The summed E-state index contributed by atoms with van der Waals surface area (Å²) in [5.74, 6) is 2.72. The molecule has 174 valence electrons. The van der Waals surface area contributed by atoms with Gasteiger partial charge in [-0.15, -0.1) is 0 Å². The molecule has 1 aromatic carbocycles. The molecule has 1 aliphatic rings. The molecule has 0 unspecified atom stereocenters. The summed E-state index contributed by atoms with van der Waals surface area (Å²) < 4.78 is 16.5. The third-order valence-corrected chi connectivity index (χ3v) is 6.20. The molecule has 4 aromatic rings. The van der Waals surface area contributed by atoms with Gasteiger partial charge >= 0.3 is 0 Å². The fraction of sp³-hybridized carbons (Fsp3) is 0.240. The quantitative estimate of drug-likeness (QED) is 0.296. The monoisotopic (exact) mass is 476 g/mol. The van der Waals surface area contributed by atoms with Crippen LogP contribution in [-0.2, 0) is 17.0 Å². The molecule has 1 saturated heterocycles. The van der Waals surface area contributed by atoms with Crippen LogP contribution in [-0.4, -0.2) is 42.2 Å². The molecule has 1 N–H and O–H groups in total. The molecule has 3 aromatic heterocycles. The van der Waals surface area contributed by atoms with Crippen LogP contribution in [0.3, 0.4) is 0 Å². The Morgan fingerprint density at radius 3 is 2.65 bits per heavy atom. The van der Waals surface area contributed by atoms with Crippen molar-refractivity contribution in [2.75, 3.05) is 31.2 Å². The maximum absolute atomic E-state index is 12.4. The van der Waals surface area contributed by atoms with Gasteiger partial charge in [-0.05, 0) is 24.3 Å². The van der Waals surface area contributed by atoms with Crippen LogP contribution in [0.25, 0.3) is 11.3 Å². The zero-order chi connectivity index (χ0) is 23.2. The number of morpholine rings is 1. The zero-order valence-electron chi connectivity index (χ0n) is 18.5. The minimum Gasteiger partial charge on any atom is -0.467 e. The second kappa shape index (κ2) is 10.6. The van der Waals surface area contributed by atoms with E-state index in [1.807, 2.05) is 36.4 Å². The van der Waals surface area contributed by atoms with Crippen molar-refractivity contribution in [2.24, 2.45) is 0 Å².